The number of benzene rings is 1. The molecule has 92 valence electrons. The summed E-state index contributed by atoms with van der Waals surface area (Å²) in [5.74, 6) is -1.71. The summed E-state index contributed by atoms with van der Waals surface area (Å²) in [5.41, 5.74) is -0.331. The Balaban J connectivity index is 2.46. The van der Waals surface area contributed by atoms with Crippen LogP contribution in [0.3, 0.4) is 0 Å². The van der Waals surface area contributed by atoms with Gasteiger partial charge in [0, 0.05) is 12.4 Å². The molecule has 0 saturated heterocycles. The first-order valence-electron chi connectivity index (χ1n) is 5.11. The van der Waals surface area contributed by atoms with Crippen LogP contribution >= 0.6 is 0 Å². The average molecular weight is 248 g/mol. The largest absolute Gasteiger partial charge is 0.478 e. The van der Waals surface area contributed by atoms with E-state index in [4.69, 9.17) is 5.11 Å². The van der Waals surface area contributed by atoms with Gasteiger partial charge < -0.3 is 5.11 Å². The molecule has 1 aromatic heterocycles. The van der Waals surface area contributed by atoms with E-state index in [1.807, 2.05) is 0 Å². The third-order valence-electron chi connectivity index (χ3n) is 2.42. The van der Waals surface area contributed by atoms with Crippen LogP contribution in [0.1, 0.15) is 15.9 Å². The first-order chi connectivity index (χ1) is 8.58. The molecule has 2 aromatic rings. The number of nitrogens with zero attached hydrogens (tertiary/aromatic N) is 2. The summed E-state index contributed by atoms with van der Waals surface area (Å²) in [4.78, 5) is 25.9. The molecule has 1 aromatic carbocycles. The van der Waals surface area contributed by atoms with Crippen molar-refractivity contribution in [3.63, 3.8) is 0 Å². The van der Waals surface area contributed by atoms with Crippen molar-refractivity contribution < 1.29 is 14.3 Å². The monoisotopic (exact) mass is 248 g/mol. The van der Waals surface area contributed by atoms with E-state index in [1.54, 1.807) is 6.07 Å². The van der Waals surface area contributed by atoms with Crippen molar-refractivity contribution in [1.82, 2.24) is 9.55 Å². The first kappa shape index (κ1) is 12.0. The summed E-state index contributed by atoms with van der Waals surface area (Å²) in [7, 11) is 0. The Morgan fingerprint density at radius 2 is 2.22 bits per heavy atom. The van der Waals surface area contributed by atoms with E-state index < -0.39 is 17.5 Å². The van der Waals surface area contributed by atoms with E-state index in [9.17, 15) is 14.0 Å². The van der Waals surface area contributed by atoms with Gasteiger partial charge in [-0.15, -0.1) is 0 Å². The highest BCUT2D eigenvalue weighted by Gasteiger charge is 2.11. The van der Waals surface area contributed by atoms with Crippen molar-refractivity contribution in [3.05, 3.63) is 64.1 Å². The van der Waals surface area contributed by atoms with Crippen molar-refractivity contribution in [2.45, 2.75) is 6.54 Å². The second-order valence-electron chi connectivity index (χ2n) is 3.64. The molecule has 18 heavy (non-hydrogen) atoms. The second kappa shape index (κ2) is 4.79. The Kier molecular flexibility index (Phi) is 3.18. The number of aromatic nitrogens is 2. The highest BCUT2D eigenvalue weighted by Crippen LogP contribution is 2.12. The predicted molar refractivity (Wildman–Crippen MR) is 61.0 cm³/mol. The molecule has 0 saturated carbocycles. The maximum Gasteiger partial charge on any atom is 0.347 e. The molecule has 0 spiro atoms. The predicted octanol–water partition coefficient (Wildman–Crippen LogP) is 1.13. The summed E-state index contributed by atoms with van der Waals surface area (Å²) in [6.07, 6.45) is 2.80. The Bertz CT molecular complexity index is 652. The van der Waals surface area contributed by atoms with E-state index in [-0.39, 0.29) is 17.7 Å². The van der Waals surface area contributed by atoms with Crippen molar-refractivity contribution in [2.75, 3.05) is 0 Å². The maximum atomic E-state index is 13.1. The minimum Gasteiger partial charge on any atom is -0.478 e. The summed E-state index contributed by atoms with van der Waals surface area (Å²) >= 11 is 0. The zero-order valence-corrected chi connectivity index (χ0v) is 9.21. The van der Waals surface area contributed by atoms with Gasteiger partial charge in [-0.3, -0.25) is 4.57 Å². The van der Waals surface area contributed by atoms with Crippen LogP contribution in [-0.4, -0.2) is 20.6 Å². The number of hydrogen-bond donors (Lipinski definition) is 1. The fourth-order valence-corrected chi connectivity index (χ4v) is 1.59. The van der Waals surface area contributed by atoms with Crippen molar-refractivity contribution in [1.29, 1.82) is 0 Å². The lowest BCUT2D eigenvalue weighted by atomic mass is 10.1. The molecule has 0 aliphatic carbocycles. The Labute approximate surface area is 101 Å². The lowest BCUT2D eigenvalue weighted by molar-refractivity contribution is 0.0695. The van der Waals surface area contributed by atoms with Crippen molar-refractivity contribution in [2.24, 2.45) is 0 Å². The Morgan fingerprint density at radius 1 is 1.44 bits per heavy atom. The molecule has 2 rings (SSSR count). The van der Waals surface area contributed by atoms with E-state index in [0.29, 0.717) is 0 Å². The zero-order valence-electron chi connectivity index (χ0n) is 9.21. The minimum atomic E-state index is -1.16. The van der Waals surface area contributed by atoms with Gasteiger partial charge in [0.2, 0.25) is 0 Å². The number of carboxylic acids is 1. The normalized spacial score (nSPS) is 10.3. The molecule has 5 nitrogen and oxygen atoms in total. The molecule has 0 amide bonds. The topological polar surface area (TPSA) is 72.2 Å². The molecule has 0 aliphatic rings. The molecule has 0 aliphatic heterocycles. The van der Waals surface area contributed by atoms with Gasteiger partial charge in [0.25, 0.3) is 0 Å². The molecule has 0 radical (unpaired) electrons. The summed E-state index contributed by atoms with van der Waals surface area (Å²) in [5, 5.41) is 8.98. The molecular formula is C12H9FN2O3. The molecule has 0 unspecified atom stereocenters. The van der Waals surface area contributed by atoms with Gasteiger partial charge in [0.15, 0.2) is 0 Å². The maximum absolute atomic E-state index is 13.1. The quantitative estimate of drug-likeness (QED) is 0.883. The van der Waals surface area contributed by atoms with E-state index in [2.05, 4.69) is 4.98 Å². The summed E-state index contributed by atoms with van der Waals surface area (Å²) in [6, 6.07) is 4.89. The van der Waals surface area contributed by atoms with Crippen LogP contribution < -0.4 is 5.69 Å². The van der Waals surface area contributed by atoms with Gasteiger partial charge in [-0.05, 0) is 29.8 Å². The third kappa shape index (κ3) is 2.42. The second-order valence-corrected chi connectivity index (χ2v) is 3.64. The van der Waals surface area contributed by atoms with Crippen LogP contribution in [-0.2, 0) is 6.54 Å². The van der Waals surface area contributed by atoms with E-state index in [1.165, 1.54) is 23.0 Å². The molecule has 1 heterocycles. The fraction of sp³-hybridized carbons (Fsp3) is 0.0833. The number of hydrogen-bond acceptors (Lipinski definition) is 3. The average Bonchev–Trinajstić information content (AvgIpc) is 2.32. The van der Waals surface area contributed by atoms with Crippen LogP contribution in [0.2, 0.25) is 0 Å². The van der Waals surface area contributed by atoms with Gasteiger partial charge in [-0.2, -0.15) is 0 Å². The van der Waals surface area contributed by atoms with Crippen LogP contribution in [0.15, 0.2) is 41.5 Å². The van der Waals surface area contributed by atoms with Crippen LogP contribution in [0, 0.1) is 5.82 Å². The first-order valence-corrected chi connectivity index (χ1v) is 5.11. The molecule has 0 fully saturated rings. The van der Waals surface area contributed by atoms with Crippen molar-refractivity contribution >= 4 is 5.97 Å². The number of rotatable bonds is 3. The Morgan fingerprint density at radius 3 is 2.89 bits per heavy atom. The van der Waals surface area contributed by atoms with Crippen LogP contribution in [0.4, 0.5) is 4.39 Å². The van der Waals surface area contributed by atoms with E-state index in [0.717, 1.165) is 12.1 Å². The van der Waals surface area contributed by atoms with Crippen molar-refractivity contribution in [3.8, 4) is 0 Å². The minimum absolute atomic E-state index is 0.0350. The standard InChI is InChI=1S/C12H9FN2O3/c13-9-2-3-10(11(16)17)8(6-9)7-15-5-1-4-14-12(15)18/h1-6H,7H2,(H,16,17). The number of halogens is 1. The SMILES string of the molecule is O=C(O)c1ccc(F)cc1Cn1cccnc1=O. The van der Waals surface area contributed by atoms with Gasteiger partial charge >= 0.3 is 11.7 Å². The summed E-state index contributed by atoms with van der Waals surface area (Å²) in [6.45, 7) is -0.0356. The molecule has 0 atom stereocenters. The molecular weight excluding hydrogens is 239 g/mol. The lowest BCUT2D eigenvalue weighted by Crippen LogP contribution is -2.23. The van der Waals surface area contributed by atoms with Gasteiger partial charge in [0.05, 0.1) is 12.1 Å². The molecule has 6 heteroatoms. The molecule has 0 bridgehead atoms. The Hall–Kier alpha value is -2.50. The number of carboxylic acid groups (broad SMARTS) is 1. The van der Waals surface area contributed by atoms with E-state index >= 15 is 0 Å². The van der Waals surface area contributed by atoms with Crippen LogP contribution in [0.5, 0.6) is 0 Å². The molecule has 1 N–H and O–H groups in total. The van der Waals surface area contributed by atoms with Crippen LogP contribution in [0.25, 0.3) is 0 Å². The highest BCUT2D eigenvalue weighted by molar-refractivity contribution is 5.89. The third-order valence-corrected chi connectivity index (χ3v) is 2.42. The van der Waals surface area contributed by atoms with Gasteiger partial charge in [-0.25, -0.2) is 19.0 Å². The number of aromatic carboxylic acids is 1. The van der Waals surface area contributed by atoms with Gasteiger partial charge in [0.1, 0.15) is 5.82 Å². The summed E-state index contributed by atoms with van der Waals surface area (Å²) < 4.78 is 14.3. The fourth-order valence-electron chi connectivity index (χ4n) is 1.59. The lowest BCUT2D eigenvalue weighted by Gasteiger charge is -2.08. The smallest absolute Gasteiger partial charge is 0.347 e. The number of carbonyl (C=O) groups is 1. The highest BCUT2D eigenvalue weighted by atomic mass is 19.1. The van der Waals surface area contributed by atoms with Gasteiger partial charge in [-0.1, -0.05) is 0 Å². The zero-order chi connectivity index (χ0) is 13.1.